The molecule has 90 valence electrons. The van der Waals surface area contributed by atoms with Crippen LogP contribution in [0.15, 0.2) is 6.33 Å². The van der Waals surface area contributed by atoms with Gasteiger partial charge in [0.15, 0.2) is 16.7 Å². The molecule has 0 aromatic carbocycles. The van der Waals surface area contributed by atoms with E-state index in [1.807, 2.05) is 6.92 Å². The molecule has 0 saturated heterocycles. The molecule has 0 radical (unpaired) electrons. The van der Waals surface area contributed by atoms with Gasteiger partial charge in [0.05, 0.1) is 13.2 Å². The molecule has 1 unspecified atom stereocenters. The van der Waals surface area contributed by atoms with E-state index in [0.717, 1.165) is 12.8 Å². The summed E-state index contributed by atoms with van der Waals surface area (Å²) in [5.41, 5.74) is 0. The van der Waals surface area contributed by atoms with E-state index in [9.17, 15) is 5.11 Å². The van der Waals surface area contributed by atoms with Gasteiger partial charge >= 0.3 is 0 Å². The van der Waals surface area contributed by atoms with Crippen LogP contribution in [-0.2, 0) is 0 Å². The highest BCUT2D eigenvalue weighted by Crippen LogP contribution is 2.28. The molecule has 0 aliphatic rings. The SMILES string of the molecule is CCCC(O)CNc1ncnc(Cl)c1OC. The van der Waals surface area contributed by atoms with Crippen molar-refractivity contribution in [1.82, 2.24) is 9.97 Å². The van der Waals surface area contributed by atoms with Gasteiger partial charge in [0.1, 0.15) is 6.33 Å². The number of ether oxygens (including phenoxy) is 1. The Hall–Kier alpha value is -1.07. The second-order valence-electron chi connectivity index (χ2n) is 3.37. The first-order chi connectivity index (χ1) is 7.69. The number of rotatable bonds is 6. The first-order valence-corrected chi connectivity index (χ1v) is 5.53. The number of methoxy groups -OCH3 is 1. The molecular formula is C10H16ClN3O2. The highest BCUT2D eigenvalue weighted by molar-refractivity contribution is 6.31. The summed E-state index contributed by atoms with van der Waals surface area (Å²) in [6, 6.07) is 0. The monoisotopic (exact) mass is 245 g/mol. The van der Waals surface area contributed by atoms with Gasteiger partial charge in [-0.15, -0.1) is 0 Å². The fraction of sp³-hybridized carbons (Fsp3) is 0.600. The zero-order chi connectivity index (χ0) is 12.0. The summed E-state index contributed by atoms with van der Waals surface area (Å²) in [6.45, 7) is 2.43. The Kier molecular flexibility index (Phi) is 5.28. The lowest BCUT2D eigenvalue weighted by Crippen LogP contribution is -2.20. The lowest BCUT2D eigenvalue weighted by Gasteiger charge is -2.13. The smallest absolute Gasteiger partial charge is 0.198 e. The Balaban J connectivity index is 2.63. The van der Waals surface area contributed by atoms with E-state index in [4.69, 9.17) is 16.3 Å². The van der Waals surface area contributed by atoms with E-state index in [2.05, 4.69) is 15.3 Å². The molecule has 2 N–H and O–H groups in total. The van der Waals surface area contributed by atoms with E-state index < -0.39 is 6.10 Å². The zero-order valence-electron chi connectivity index (χ0n) is 9.40. The molecule has 0 spiro atoms. The molecule has 6 heteroatoms. The summed E-state index contributed by atoms with van der Waals surface area (Å²) < 4.78 is 5.07. The number of anilines is 1. The zero-order valence-corrected chi connectivity index (χ0v) is 10.2. The van der Waals surface area contributed by atoms with Gasteiger partial charge < -0.3 is 15.2 Å². The van der Waals surface area contributed by atoms with Crippen molar-refractivity contribution in [2.75, 3.05) is 19.0 Å². The molecule has 1 aromatic rings. The number of aliphatic hydroxyl groups is 1. The van der Waals surface area contributed by atoms with Gasteiger partial charge in [0, 0.05) is 6.54 Å². The average molecular weight is 246 g/mol. The van der Waals surface area contributed by atoms with Gasteiger partial charge in [-0.05, 0) is 6.42 Å². The summed E-state index contributed by atoms with van der Waals surface area (Å²) in [5.74, 6) is 0.894. The molecule has 1 atom stereocenters. The molecule has 1 rings (SSSR count). The Bertz CT molecular complexity index is 336. The summed E-state index contributed by atoms with van der Waals surface area (Å²) in [6.07, 6.45) is 2.63. The topological polar surface area (TPSA) is 67.3 Å². The summed E-state index contributed by atoms with van der Waals surface area (Å²) in [5, 5.41) is 12.8. The average Bonchev–Trinajstić information content (AvgIpc) is 2.27. The lowest BCUT2D eigenvalue weighted by molar-refractivity contribution is 0.176. The number of nitrogens with one attached hydrogen (secondary N) is 1. The van der Waals surface area contributed by atoms with Crippen molar-refractivity contribution in [3.63, 3.8) is 0 Å². The van der Waals surface area contributed by atoms with E-state index >= 15 is 0 Å². The predicted octanol–water partition coefficient (Wildman–Crippen LogP) is 1.71. The molecule has 0 aliphatic carbocycles. The van der Waals surface area contributed by atoms with Crippen LogP contribution in [0, 0.1) is 0 Å². The third-order valence-electron chi connectivity index (χ3n) is 2.09. The van der Waals surface area contributed by atoms with Crippen LogP contribution in [0.3, 0.4) is 0 Å². The lowest BCUT2D eigenvalue weighted by atomic mass is 10.2. The number of aromatic nitrogens is 2. The van der Waals surface area contributed by atoms with E-state index in [1.165, 1.54) is 13.4 Å². The quantitative estimate of drug-likeness (QED) is 0.747. The maximum Gasteiger partial charge on any atom is 0.198 e. The molecule has 1 aromatic heterocycles. The highest BCUT2D eigenvalue weighted by atomic mass is 35.5. The molecule has 5 nitrogen and oxygen atoms in total. The van der Waals surface area contributed by atoms with Gasteiger partial charge in [-0.2, -0.15) is 0 Å². The van der Waals surface area contributed by atoms with Gasteiger partial charge in [0.25, 0.3) is 0 Å². The first-order valence-electron chi connectivity index (χ1n) is 5.15. The fourth-order valence-electron chi connectivity index (χ4n) is 1.31. The van der Waals surface area contributed by atoms with Crippen molar-refractivity contribution in [2.24, 2.45) is 0 Å². The van der Waals surface area contributed by atoms with E-state index in [1.54, 1.807) is 0 Å². The van der Waals surface area contributed by atoms with E-state index in [-0.39, 0.29) is 5.15 Å². The van der Waals surface area contributed by atoms with Crippen LogP contribution >= 0.6 is 11.6 Å². The Morgan fingerprint density at radius 1 is 1.56 bits per heavy atom. The molecule has 16 heavy (non-hydrogen) atoms. The standard InChI is InChI=1S/C10H16ClN3O2/c1-3-4-7(15)5-12-10-8(16-2)9(11)13-6-14-10/h6-7,15H,3-5H2,1-2H3,(H,12,13,14). The van der Waals surface area contributed by atoms with Crippen molar-refractivity contribution in [3.8, 4) is 5.75 Å². The van der Waals surface area contributed by atoms with Gasteiger partial charge in [-0.25, -0.2) is 9.97 Å². The maximum absolute atomic E-state index is 9.56. The maximum atomic E-state index is 9.56. The minimum atomic E-state index is -0.400. The molecule has 0 amide bonds. The number of hydrogen-bond acceptors (Lipinski definition) is 5. The largest absolute Gasteiger partial charge is 0.490 e. The van der Waals surface area contributed by atoms with Crippen molar-refractivity contribution < 1.29 is 9.84 Å². The van der Waals surface area contributed by atoms with Crippen molar-refractivity contribution >= 4 is 17.4 Å². The first kappa shape index (κ1) is 13.0. The Morgan fingerprint density at radius 3 is 2.94 bits per heavy atom. The van der Waals surface area contributed by atoms with Crippen molar-refractivity contribution in [3.05, 3.63) is 11.5 Å². The number of nitrogens with zero attached hydrogens (tertiary/aromatic N) is 2. The summed E-state index contributed by atoms with van der Waals surface area (Å²) in [4.78, 5) is 7.80. The minimum Gasteiger partial charge on any atom is -0.490 e. The van der Waals surface area contributed by atoms with Gasteiger partial charge in [0.2, 0.25) is 0 Å². The van der Waals surface area contributed by atoms with Crippen LogP contribution in [-0.4, -0.2) is 34.8 Å². The van der Waals surface area contributed by atoms with E-state index in [0.29, 0.717) is 18.1 Å². The fourth-order valence-corrected chi connectivity index (χ4v) is 1.52. The van der Waals surface area contributed by atoms with Crippen LogP contribution < -0.4 is 10.1 Å². The van der Waals surface area contributed by atoms with Crippen LogP contribution in [0.1, 0.15) is 19.8 Å². The normalized spacial score (nSPS) is 12.2. The molecule has 0 bridgehead atoms. The summed E-state index contributed by atoms with van der Waals surface area (Å²) in [7, 11) is 1.50. The van der Waals surface area contributed by atoms with Gasteiger partial charge in [-0.3, -0.25) is 0 Å². The summed E-state index contributed by atoms with van der Waals surface area (Å²) >= 11 is 5.83. The molecular weight excluding hydrogens is 230 g/mol. The van der Waals surface area contributed by atoms with Crippen molar-refractivity contribution in [2.45, 2.75) is 25.9 Å². The van der Waals surface area contributed by atoms with Gasteiger partial charge in [-0.1, -0.05) is 24.9 Å². The second kappa shape index (κ2) is 6.50. The Labute approximate surface area is 99.8 Å². The number of hydrogen-bond donors (Lipinski definition) is 2. The molecule has 0 saturated carbocycles. The third kappa shape index (κ3) is 3.50. The van der Waals surface area contributed by atoms with Crippen LogP contribution in [0.2, 0.25) is 5.15 Å². The van der Waals surface area contributed by atoms with Crippen molar-refractivity contribution in [1.29, 1.82) is 0 Å². The molecule has 1 heterocycles. The Morgan fingerprint density at radius 2 is 2.31 bits per heavy atom. The number of halogens is 1. The predicted molar refractivity (Wildman–Crippen MR) is 63.0 cm³/mol. The van der Waals surface area contributed by atoms with Crippen LogP contribution in [0.25, 0.3) is 0 Å². The second-order valence-corrected chi connectivity index (χ2v) is 3.73. The highest BCUT2D eigenvalue weighted by Gasteiger charge is 2.11. The van der Waals surface area contributed by atoms with Crippen LogP contribution in [0.5, 0.6) is 5.75 Å². The van der Waals surface area contributed by atoms with Crippen LogP contribution in [0.4, 0.5) is 5.82 Å². The molecule has 0 aliphatic heterocycles. The number of aliphatic hydroxyl groups excluding tert-OH is 1. The third-order valence-corrected chi connectivity index (χ3v) is 2.36. The molecule has 0 fully saturated rings. The minimum absolute atomic E-state index is 0.255.